The van der Waals surface area contributed by atoms with Crippen LogP contribution in [0.2, 0.25) is 5.02 Å². The first kappa shape index (κ1) is 14.9. The predicted octanol–water partition coefficient (Wildman–Crippen LogP) is 5.29. The molecule has 2 aromatic carbocycles. The molecule has 0 unspecified atom stereocenters. The van der Waals surface area contributed by atoms with Crippen LogP contribution in [0.25, 0.3) is 22.4 Å². The van der Waals surface area contributed by atoms with Gasteiger partial charge in [0.15, 0.2) is 0 Å². The van der Waals surface area contributed by atoms with Gasteiger partial charge < -0.3 is 0 Å². The molecule has 0 atom stereocenters. The first-order valence-electron chi connectivity index (χ1n) is 7.57. The molecule has 0 saturated heterocycles. The molecule has 1 aromatic heterocycles. The van der Waals surface area contributed by atoms with Crippen LogP contribution in [0.15, 0.2) is 42.5 Å². The smallest absolute Gasteiger partial charge is 0.131 e. The lowest BCUT2D eigenvalue weighted by Gasteiger charge is -2.14. The van der Waals surface area contributed by atoms with Crippen molar-refractivity contribution in [2.24, 2.45) is 0 Å². The maximum absolute atomic E-state index is 14.5. The molecular formula is C20H12ClFN2. The Morgan fingerprint density at radius 1 is 1.17 bits per heavy atom. The van der Waals surface area contributed by atoms with E-state index in [1.807, 2.05) is 24.3 Å². The number of hydrogen-bond donors (Lipinski definition) is 0. The largest absolute Gasteiger partial charge is 0.251 e. The average Bonchev–Trinajstić information content (AvgIpc) is 2.94. The van der Waals surface area contributed by atoms with Crippen molar-refractivity contribution in [1.82, 2.24) is 4.98 Å². The van der Waals surface area contributed by atoms with Gasteiger partial charge in [-0.15, -0.1) is 0 Å². The lowest BCUT2D eigenvalue weighted by Crippen LogP contribution is -2.01. The van der Waals surface area contributed by atoms with Crippen LogP contribution in [0.5, 0.6) is 0 Å². The SMILES string of the molecule is Cc1nc2c(c(-c3cc(Cl)ccc3F)c1C#N)Cc1ccccc1-2. The summed E-state index contributed by atoms with van der Waals surface area (Å²) in [5.41, 5.74) is 5.87. The van der Waals surface area contributed by atoms with Crippen molar-refractivity contribution in [2.75, 3.05) is 0 Å². The van der Waals surface area contributed by atoms with E-state index in [0.29, 0.717) is 33.8 Å². The Hall–Kier alpha value is -2.70. The van der Waals surface area contributed by atoms with Gasteiger partial charge >= 0.3 is 0 Å². The number of nitrogens with zero attached hydrogens (tertiary/aromatic N) is 2. The van der Waals surface area contributed by atoms with E-state index in [4.69, 9.17) is 11.6 Å². The molecular weight excluding hydrogens is 323 g/mol. The highest BCUT2D eigenvalue weighted by Gasteiger charge is 2.27. The minimum atomic E-state index is -0.389. The average molecular weight is 335 g/mol. The standard InChI is InChI=1S/C20H12ClFN2/c1-11-17(10-23)19(15-9-13(21)6-7-18(15)22)16-8-12-4-2-3-5-14(12)20(16)24-11/h2-7,9H,8H2,1H3. The van der Waals surface area contributed by atoms with Crippen LogP contribution in [-0.2, 0) is 6.42 Å². The Balaban J connectivity index is 2.10. The minimum absolute atomic E-state index is 0.355. The van der Waals surface area contributed by atoms with Gasteiger partial charge in [0.05, 0.1) is 17.0 Å². The third kappa shape index (κ3) is 2.11. The molecule has 3 aromatic rings. The molecule has 0 aliphatic heterocycles. The Bertz CT molecular complexity index is 1030. The van der Waals surface area contributed by atoms with E-state index in [0.717, 1.165) is 22.4 Å². The molecule has 4 rings (SSSR count). The van der Waals surface area contributed by atoms with Crippen molar-refractivity contribution in [2.45, 2.75) is 13.3 Å². The van der Waals surface area contributed by atoms with E-state index in [9.17, 15) is 9.65 Å². The number of aryl methyl sites for hydroxylation is 1. The lowest BCUT2D eigenvalue weighted by molar-refractivity contribution is 0.631. The maximum atomic E-state index is 14.5. The minimum Gasteiger partial charge on any atom is -0.251 e. The van der Waals surface area contributed by atoms with Gasteiger partial charge in [-0.3, -0.25) is 4.98 Å². The number of nitriles is 1. The van der Waals surface area contributed by atoms with Crippen molar-refractivity contribution in [3.05, 3.63) is 75.7 Å². The summed E-state index contributed by atoms with van der Waals surface area (Å²) in [7, 11) is 0. The van der Waals surface area contributed by atoms with Gasteiger partial charge in [-0.1, -0.05) is 35.9 Å². The normalized spacial score (nSPS) is 11.8. The van der Waals surface area contributed by atoms with E-state index in [1.165, 1.54) is 12.1 Å². The maximum Gasteiger partial charge on any atom is 0.131 e. The second kappa shape index (κ2) is 5.43. The molecule has 0 fully saturated rings. The topological polar surface area (TPSA) is 36.7 Å². The number of halogens is 2. The zero-order valence-corrected chi connectivity index (χ0v) is 13.7. The van der Waals surface area contributed by atoms with Crippen LogP contribution in [0.4, 0.5) is 4.39 Å². The quantitative estimate of drug-likeness (QED) is 0.474. The van der Waals surface area contributed by atoms with Gasteiger partial charge in [-0.05, 0) is 36.2 Å². The summed E-state index contributed by atoms with van der Waals surface area (Å²) >= 11 is 6.08. The third-order valence-corrected chi connectivity index (χ3v) is 4.66. The van der Waals surface area contributed by atoms with Gasteiger partial charge in [0.1, 0.15) is 11.9 Å². The van der Waals surface area contributed by atoms with E-state index in [1.54, 1.807) is 13.0 Å². The fourth-order valence-corrected chi connectivity index (χ4v) is 3.53. The van der Waals surface area contributed by atoms with E-state index in [2.05, 4.69) is 11.1 Å². The molecule has 1 aliphatic rings. The molecule has 0 radical (unpaired) electrons. The molecule has 1 heterocycles. The predicted molar refractivity (Wildman–Crippen MR) is 92.3 cm³/mol. The van der Waals surface area contributed by atoms with Crippen molar-refractivity contribution < 1.29 is 4.39 Å². The fraction of sp³-hybridized carbons (Fsp3) is 0.100. The van der Waals surface area contributed by atoms with E-state index < -0.39 is 0 Å². The van der Waals surface area contributed by atoms with Crippen molar-refractivity contribution in [1.29, 1.82) is 5.26 Å². The summed E-state index contributed by atoms with van der Waals surface area (Å²) in [5.74, 6) is -0.389. The Labute approximate surface area is 144 Å². The third-order valence-electron chi connectivity index (χ3n) is 4.43. The molecule has 0 bridgehead atoms. The molecule has 1 aliphatic carbocycles. The van der Waals surface area contributed by atoms with Crippen LogP contribution in [0, 0.1) is 24.1 Å². The molecule has 4 heteroatoms. The number of rotatable bonds is 1. The van der Waals surface area contributed by atoms with Crippen LogP contribution in [0.3, 0.4) is 0 Å². The Morgan fingerprint density at radius 2 is 1.96 bits per heavy atom. The van der Waals surface area contributed by atoms with E-state index in [-0.39, 0.29) is 5.82 Å². The molecule has 0 spiro atoms. The number of fused-ring (bicyclic) bond motifs is 3. The van der Waals surface area contributed by atoms with Gasteiger partial charge in [-0.2, -0.15) is 5.26 Å². The summed E-state index contributed by atoms with van der Waals surface area (Å²) in [5, 5.41) is 10.1. The molecule has 116 valence electrons. The molecule has 0 N–H and O–H groups in total. The second-order valence-corrected chi connectivity index (χ2v) is 6.28. The number of aromatic nitrogens is 1. The Kier molecular flexibility index (Phi) is 3.37. The first-order valence-corrected chi connectivity index (χ1v) is 7.95. The van der Waals surface area contributed by atoms with Crippen molar-refractivity contribution >= 4 is 11.6 Å². The summed E-state index contributed by atoms with van der Waals surface area (Å²) < 4.78 is 14.5. The highest BCUT2D eigenvalue weighted by atomic mass is 35.5. The monoisotopic (exact) mass is 334 g/mol. The molecule has 24 heavy (non-hydrogen) atoms. The van der Waals surface area contributed by atoms with Crippen molar-refractivity contribution in [3.8, 4) is 28.5 Å². The number of pyridine rings is 1. The van der Waals surface area contributed by atoms with Crippen LogP contribution >= 0.6 is 11.6 Å². The Morgan fingerprint density at radius 3 is 2.75 bits per heavy atom. The van der Waals surface area contributed by atoms with Gasteiger partial charge in [0.25, 0.3) is 0 Å². The van der Waals surface area contributed by atoms with E-state index >= 15 is 0 Å². The summed E-state index contributed by atoms with van der Waals surface area (Å²) in [6, 6.07) is 14.6. The molecule has 0 saturated carbocycles. The highest BCUT2D eigenvalue weighted by Crippen LogP contribution is 2.43. The summed E-state index contributed by atoms with van der Waals surface area (Å²) in [6.45, 7) is 1.78. The van der Waals surface area contributed by atoms with Crippen LogP contribution in [0.1, 0.15) is 22.4 Å². The number of benzene rings is 2. The van der Waals surface area contributed by atoms with Gasteiger partial charge in [-0.25, -0.2) is 4.39 Å². The highest BCUT2D eigenvalue weighted by molar-refractivity contribution is 6.30. The van der Waals surface area contributed by atoms with Crippen LogP contribution in [-0.4, -0.2) is 4.98 Å². The molecule has 0 amide bonds. The first-order chi connectivity index (χ1) is 11.6. The summed E-state index contributed by atoms with van der Waals surface area (Å²) in [4.78, 5) is 4.63. The second-order valence-electron chi connectivity index (χ2n) is 5.84. The zero-order valence-electron chi connectivity index (χ0n) is 12.9. The summed E-state index contributed by atoms with van der Waals surface area (Å²) in [6.07, 6.45) is 0.634. The van der Waals surface area contributed by atoms with Gasteiger partial charge in [0, 0.05) is 28.1 Å². The number of hydrogen-bond acceptors (Lipinski definition) is 2. The lowest BCUT2D eigenvalue weighted by atomic mass is 9.92. The fourth-order valence-electron chi connectivity index (χ4n) is 3.36. The van der Waals surface area contributed by atoms with Crippen LogP contribution < -0.4 is 0 Å². The zero-order chi connectivity index (χ0) is 16.8. The molecule has 2 nitrogen and oxygen atoms in total. The van der Waals surface area contributed by atoms with Gasteiger partial charge in [0.2, 0.25) is 0 Å². The van der Waals surface area contributed by atoms with Crippen molar-refractivity contribution in [3.63, 3.8) is 0 Å².